The summed E-state index contributed by atoms with van der Waals surface area (Å²) in [6.45, 7) is 5.72. The van der Waals surface area contributed by atoms with Crippen LogP contribution in [0.4, 0.5) is 0 Å². The molecule has 0 aliphatic heterocycles. The van der Waals surface area contributed by atoms with Crippen LogP contribution in [-0.4, -0.2) is 15.6 Å². The SMILES string of the molecule is CC1CCC(n2cnc(CNC3CC3)c2)CC1C. The molecule has 0 amide bonds. The summed E-state index contributed by atoms with van der Waals surface area (Å²) in [6, 6.07) is 1.45. The summed E-state index contributed by atoms with van der Waals surface area (Å²) in [4.78, 5) is 4.54. The van der Waals surface area contributed by atoms with E-state index in [0.29, 0.717) is 6.04 Å². The minimum absolute atomic E-state index is 0.679. The van der Waals surface area contributed by atoms with Crippen LogP contribution in [0.3, 0.4) is 0 Å². The van der Waals surface area contributed by atoms with Gasteiger partial charge in [-0.15, -0.1) is 0 Å². The Labute approximate surface area is 110 Å². The number of hydrogen-bond donors (Lipinski definition) is 1. The standard InChI is InChI=1S/C15H25N3/c1-11-3-6-15(7-12(11)2)18-9-14(17-10-18)8-16-13-4-5-13/h9-13,15-16H,3-8H2,1-2H3. The molecule has 0 aromatic carbocycles. The summed E-state index contributed by atoms with van der Waals surface area (Å²) >= 11 is 0. The highest BCUT2D eigenvalue weighted by Crippen LogP contribution is 2.36. The molecule has 1 heterocycles. The number of aromatic nitrogens is 2. The van der Waals surface area contributed by atoms with Crippen LogP contribution in [0.5, 0.6) is 0 Å². The summed E-state index contributed by atoms with van der Waals surface area (Å²) < 4.78 is 2.35. The fourth-order valence-corrected chi connectivity index (χ4v) is 3.00. The van der Waals surface area contributed by atoms with Crippen molar-refractivity contribution < 1.29 is 0 Å². The lowest BCUT2D eigenvalue weighted by Crippen LogP contribution is -2.22. The van der Waals surface area contributed by atoms with Crippen molar-refractivity contribution in [1.29, 1.82) is 0 Å². The first-order valence-corrected chi connectivity index (χ1v) is 7.48. The van der Waals surface area contributed by atoms with Gasteiger partial charge in [0, 0.05) is 24.8 Å². The van der Waals surface area contributed by atoms with Crippen molar-refractivity contribution in [2.45, 2.75) is 64.6 Å². The second kappa shape index (κ2) is 5.04. The highest BCUT2D eigenvalue weighted by molar-refractivity contribution is 5.00. The number of nitrogens with zero attached hydrogens (tertiary/aromatic N) is 2. The summed E-state index contributed by atoms with van der Waals surface area (Å²) in [5.74, 6) is 1.74. The second-order valence-electron chi connectivity index (χ2n) is 6.39. The van der Waals surface area contributed by atoms with Crippen LogP contribution in [0.15, 0.2) is 12.5 Å². The van der Waals surface area contributed by atoms with Crippen molar-refractivity contribution in [2.75, 3.05) is 0 Å². The molecule has 3 heteroatoms. The fraction of sp³-hybridized carbons (Fsp3) is 0.800. The third kappa shape index (κ3) is 2.77. The molecule has 3 nitrogen and oxygen atoms in total. The van der Waals surface area contributed by atoms with Crippen LogP contribution >= 0.6 is 0 Å². The summed E-state index contributed by atoms with van der Waals surface area (Å²) in [6.07, 6.45) is 11.0. The minimum Gasteiger partial charge on any atom is -0.334 e. The van der Waals surface area contributed by atoms with Crippen molar-refractivity contribution in [3.05, 3.63) is 18.2 Å². The maximum atomic E-state index is 4.54. The number of nitrogens with one attached hydrogen (secondary N) is 1. The smallest absolute Gasteiger partial charge is 0.0952 e. The van der Waals surface area contributed by atoms with Gasteiger partial charge in [0.25, 0.3) is 0 Å². The van der Waals surface area contributed by atoms with Crippen molar-refractivity contribution >= 4 is 0 Å². The first-order chi connectivity index (χ1) is 8.72. The molecule has 2 aliphatic carbocycles. The Balaban J connectivity index is 1.58. The van der Waals surface area contributed by atoms with Crippen molar-refractivity contribution in [2.24, 2.45) is 11.8 Å². The zero-order chi connectivity index (χ0) is 12.5. The van der Waals surface area contributed by atoms with Gasteiger partial charge in [-0.2, -0.15) is 0 Å². The molecule has 2 aliphatic rings. The van der Waals surface area contributed by atoms with Gasteiger partial charge in [0.05, 0.1) is 12.0 Å². The molecule has 0 bridgehead atoms. The van der Waals surface area contributed by atoms with E-state index in [-0.39, 0.29) is 0 Å². The number of rotatable bonds is 4. The quantitative estimate of drug-likeness (QED) is 0.886. The molecule has 0 radical (unpaired) electrons. The third-order valence-electron chi connectivity index (χ3n) is 4.80. The van der Waals surface area contributed by atoms with E-state index in [1.54, 1.807) is 0 Å². The van der Waals surface area contributed by atoms with Gasteiger partial charge in [0.15, 0.2) is 0 Å². The maximum Gasteiger partial charge on any atom is 0.0952 e. The van der Waals surface area contributed by atoms with Gasteiger partial charge < -0.3 is 9.88 Å². The van der Waals surface area contributed by atoms with E-state index in [4.69, 9.17) is 0 Å². The molecule has 2 fully saturated rings. The molecule has 0 spiro atoms. The lowest BCUT2D eigenvalue weighted by atomic mass is 9.79. The van der Waals surface area contributed by atoms with Crippen LogP contribution in [0, 0.1) is 11.8 Å². The van der Waals surface area contributed by atoms with Crippen molar-refractivity contribution in [3.8, 4) is 0 Å². The van der Waals surface area contributed by atoms with Gasteiger partial charge in [-0.05, 0) is 43.9 Å². The van der Waals surface area contributed by atoms with Gasteiger partial charge in [0.2, 0.25) is 0 Å². The van der Waals surface area contributed by atoms with E-state index in [1.807, 2.05) is 6.33 Å². The molecular weight excluding hydrogens is 222 g/mol. The van der Waals surface area contributed by atoms with E-state index in [9.17, 15) is 0 Å². The Morgan fingerprint density at radius 2 is 2.06 bits per heavy atom. The number of imidazole rings is 1. The second-order valence-corrected chi connectivity index (χ2v) is 6.39. The van der Waals surface area contributed by atoms with Gasteiger partial charge in [-0.3, -0.25) is 0 Å². The average Bonchev–Trinajstić information content (AvgIpc) is 3.08. The van der Waals surface area contributed by atoms with Crippen molar-refractivity contribution in [1.82, 2.24) is 14.9 Å². The first kappa shape index (κ1) is 12.2. The third-order valence-corrected chi connectivity index (χ3v) is 4.80. The monoisotopic (exact) mass is 247 g/mol. The Morgan fingerprint density at radius 1 is 1.22 bits per heavy atom. The normalized spacial score (nSPS) is 32.7. The molecule has 18 heavy (non-hydrogen) atoms. The minimum atomic E-state index is 0.679. The van der Waals surface area contributed by atoms with Gasteiger partial charge in [-0.1, -0.05) is 13.8 Å². The van der Waals surface area contributed by atoms with Gasteiger partial charge >= 0.3 is 0 Å². The molecule has 2 saturated carbocycles. The van der Waals surface area contributed by atoms with E-state index in [0.717, 1.165) is 24.4 Å². The predicted molar refractivity (Wildman–Crippen MR) is 73.3 cm³/mol. The van der Waals surface area contributed by atoms with Crippen LogP contribution in [0.2, 0.25) is 0 Å². The Bertz CT molecular complexity index is 394. The summed E-state index contributed by atoms with van der Waals surface area (Å²) in [7, 11) is 0. The van der Waals surface area contributed by atoms with Gasteiger partial charge in [0.1, 0.15) is 0 Å². The number of hydrogen-bond acceptors (Lipinski definition) is 2. The first-order valence-electron chi connectivity index (χ1n) is 7.48. The molecule has 0 saturated heterocycles. The van der Waals surface area contributed by atoms with E-state index >= 15 is 0 Å². The molecule has 1 N–H and O–H groups in total. The molecular formula is C15H25N3. The lowest BCUT2D eigenvalue weighted by molar-refractivity contribution is 0.210. The highest BCUT2D eigenvalue weighted by atomic mass is 15.1. The van der Waals surface area contributed by atoms with E-state index in [1.165, 1.54) is 37.8 Å². The van der Waals surface area contributed by atoms with Gasteiger partial charge in [-0.25, -0.2) is 4.98 Å². The van der Waals surface area contributed by atoms with Crippen molar-refractivity contribution in [3.63, 3.8) is 0 Å². The van der Waals surface area contributed by atoms with Crippen LogP contribution in [-0.2, 0) is 6.54 Å². The Kier molecular flexibility index (Phi) is 3.42. The van der Waals surface area contributed by atoms with Crippen LogP contribution in [0.1, 0.15) is 57.7 Å². The van der Waals surface area contributed by atoms with E-state index in [2.05, 4.69) is 34.9 Å². The molecule has 100 valence electrons. The largest absolute Gasteiger partial charge is 0.334 e. The lowest BCUT2D eigenvalue weighted by Gasteiger charge is -2.32. The molecule has 1 aromatic rings. The maximum absolute atomic E-state index is 4.54. The predicted octanol–water partition coefficient (Wildman–Crippen LogP) is 3.13. The molecule has 3 atom stereocenters. The molecule has 3 unspecified atom stereocenters. The average molecular weight is 247 g/mol. The highest BCUT2D eigenvalue weighted by Gasteiger charge is 2.26. The van der Waals surface area contributed by atoms with Crippen LogP contribution in [0.25, 0.3) is 0 Å². The zero-order valence-corrected chi connectivity index (χ0v) is 11.6. The Morgan fingerprint density at radius 3 is 2.78 bits per heavy atom. The van der Waals surface area contributed by atoms with E-state index < -0.39 is 0 Å². The summed E-state index contributed by atoms with van der Waals surface area (Å²) in [5, 5.41) is 3.53. The topological polar surface area (TPSA) is 29.9 Å². The fourth-order valence-electron chi connectivity index (χ4n) is 3.00. The zero-order valence-electron chi connectivity index (χ0n) is 11.6. The molecule has 1 aromatic heterocycles. The van der Waals surface area contributed by atoms with Crippen LogP contribution < -0.4 is 5.32 Å². The summed E-state index contributed by atoms with van der Waals surface area (Å²) in [5.41, 5.74) is 1.20. The Hall–Kier alpha value is -0.830. The molecule has 3 rings (SSSR count).